The van der Waals surface area contributed by atoms with Crippen LogP contribution in [0.4, 0.5) is 0 Å². The summed E-state index contributed by atoms with van der Waals surface area (Å²) in [6, 6.07) is 0. The largest absolute Gasteiger partial charge is 0.481 e. The fraction of sp³-hybridized carbons (Fsp3) is 0.409. The normalized spacial score (nSPS) is 15.5. The number of hydrogen-bond donors (Lipinski definition) is 3. The molecule has 0 saturated heterocycles. The minimum absolute atomic E-state index is 0.182. The predicted molar refractivity (Wildman–Crippen MR) is 108 cm³/mol. The summed E-state index contributed by atoms with van der Waals surface area (Å²) in [4.78, 5) is 10.3. The quantitative estimate of drug-likeness (QED) is 0.242. The minimum atomic E-state index is -0.867. The summed E-state index contributed by atoms with van der Waals surface area (Å²) in [5.41, 5.74) is 0. The van der Waals surface area contributed by atoms with Crippen molar-refractivity contribution in [3.8, 4) is 0 Å². The van der Waals surface area contributed by atoms with Gasteiger partial charge in [-0.05, 0) is 32.1 Å². The molecule has 0 radical (unpaired) electrons. The molecule has 26 heavy (non-hydrogen) atoms. The molecule has 0 aliphatic rings. The fourth-order valence-electron chi connectivity index (χ4n) is 1.91. The first-order valence-corrected chi connectivity index (χ1v) is 9.12. The molecule has 144 valence electrons. The van der Waals surface area contributed by atoms with Crippen LogP contribution in [0.15, 0.2) is 72.9 Å². The summed E-state index contributed by atoms with van der Waals surface area (Å²) < 4.78 is 0. The van der Waals surface area contributed by atoms with Crippen LogP contribution in [0.2, 0.25) is 0 Å². The van der Waals surface area contributed by atoms with Gasteiger partial charge in [0.2, 0.25) is 0 Å². The first-order chi connectivity index (χ1) is 12.6. The Morgan fingerprint density at radius 3 is 2.12 bits per heavy atom. The van der Waals surface area contributed by atoms with Crippen LogP contribution in [-0.4, -0.2) is 33.5 Å². The molecule has 0 aromatic rings. The molecule has 0 rings (SSSR count). The van der Waals surface area contributed by atoms with Crippen LogP contribution in [0.25, 0.3) is 0 Å². The SMILES string of the molecule is CC/C=C\CC(O)C(O)/C=C/C=C\C=C/C=C/CC/C=C\CCC(=O)O. The second-order valence-corrected chi connectivity index (χ2v) is 5.74. The van der Waals surface area contributed by atoms with Gasteiger partial charge in [0.25, 0.3) is 0 Å². The fourth-order valence-corrected chi connectivity index (χ4v) is 1.91. The topological polar surface area (TPSA) is 77.8 Å². The lowest BCUT2D eigenvalue weighted by Crippen LogP contribution is -2.22. The predicted octanol–water partition coefficient (Wildman–Crippen LogP) is 4.49. The van der Waals surface area contributed by atoms with Crippen molar-refractivity contribution in [2.75, 3.05) is 0 Å². The summed E-state index contributed by atoms with van der Waals surface area (Å²) in [5, 5.41) is 28.0. The van der Waals surface area contributed by atoms with Crippen LogP contribution in [0.3, 0.4) is 0 Å². The lowest BCUT2D eigenvalue weighted by Gasteiger charge is -2.11. The van der Waals surface area contributed by atoms with E-state index in [-0.39, 0.29) is 6.42 Å². The lowest BCUT2D eigenvalue weighted by atomic mass is 10.1. The standard InChI is InChI=1S/C22H32O4/c1-2-3-14-17-20(23)21(24)18-15-12-10-8-6-4-5-7-9-11-13-16-19-22(25)26/h3-6,8,10-15,18,20-21,23-24H,2,7,9,16-17,19H2,1H3,(H,25,26)/b5-4+,8-6-,12-10-,13-11-,14-3-,18-15+. The van der Waals surface area contributed by atoms with E-state index in [0.29, 0.717) is 12.8 Å². The first kappa shape index (κ1) is 23.8. The van der Waals surface area contributed by atoms with E-state index in [1.165, 1.54) is 0 Å². The van der Waals surface area contributed by atoms with Crippen LogP contribution in [0, 0.1) is 0 Å². The Morgan fingerprint density at radius 2 is 1.42 bits per heavy atom. The summed E-state index contributed by atoms with van der Waals surface area (Å²) in [7, 11) is 0. The van der Waals surface area contributed by atoms with Crippen LogP contribution >= 0.6 is 0 Å². The highest BCUT2D eigenvalue weighted by Crippen LogP contribution is 2.02. The van der Waals surface area contributed by atoms with Crippen LogP contribution in [0.1, 0.15) is 45.4 Å². The van der Waals surface area contributed by atoms with Gasteiger partial charge >= 0.3 is 5.97 Å². The van der Waals surface area contributed by atoms with Crippen LogP contribution in [-0.2, 0) is 4.79 Å². The Balaban J connectivity index is 3.86. The molecule has 2 unspecified atom stereocenters. The number of carboxylic acid groups (broad SMARTS) is 1. The smallest absolute Gasteiger partial charge is 0.303 e. The third-order valence-corrected chi connectivity index (χ3v) is 3.37. The van der Waals surface area contributed by atoms with Gasteiger partial charge in [-0.3, -0.25) is 4.79 Å². The zero-order valence-electron chi connectivity index (χ0n) is 15.6. The molecule has 0 saturated carbocycles. The second-order valence-electron chi connectivity index (χ2n) is 5.74. The van der Waals surface area contributed by atoms with E-state index in [1.54, 1.807) is 18.2 Å². The van der Waals surface area contributed by atoms with Crippen molar-refractivity contribution in [2.24, 2.45) is 0 Å². The second kappa shape index (κ2) is 17.6. The van der Waals surface area contributed by atoms with E-state index in [2.05, 4.69) is 0 Å². The molecule has 0 amide bonds. The molecule has 4 nitrogen and oxygen atoms in total. The van der Waals surface area contributed by atoms with Gasteiger partial charge in [-0.1, -0.05) is 79.8 Å². The monoisotopic (exact) mass is 360 g/mol. The zero-order valence-corrected chi connectivity index (χ0v) is 15.6. The van der Waals surface area contributed by atoms with Gasteiger partial charge in [-0.25, -0.2) is 0 Å². The lowest BCUT2D eigenvalue weighted by molar-refractivity contribution is -0.136. The molecule has 0 bridgehead atoms. The summed E-state index contributed by atoms with van der Waals surface area (Å²) in [5.74, 6) is -0.766. The highest BCUT2D eigenvalue weighted by Gasteiger charge is 2.10. The molecular weight excluding hydrogens is 328 g/mol. The van der Waals surface area contributed by atoms with Crippen LogP contribution in [0.5, 0.6) is 0 Å². The number of carboxylic acids is 1. The minimum Gasteiger partial charge on any atom is -0.481 e. The zero-order chi connectivity index (χ0) is 19.5. The van der Waals surface area contributed by atoms with Crippen molar-refractivity contribution in [2.45, 2.75) is 57.7 Å². The van der Waals surface area contributed by atoms with Gasteiger partial charge in [-0.2, -0.15) is 0 Å². The number of rotatable bonds is 14. The summed E-state index contributed by atoms with van der Waals surface area (Å²) in [6.45, 7) is 2.02. The van der Waals surface area contributed by atoms with Crippen molar-refractivity contribution in [3.05, 3.63) is 72.9 Å². The van der Waals surface area contributed by atoms with Crippen molar-refractivity contribution in [3.63, 3.8) is 0 Å². The van der Waals surface area contributed by atoms with E-state index in [0.717, 1.165) is 19.3 Å². The Labute approximate surface area is 157 Å². The molecule has 2 atom stereocenters. The number of carbonyl (C=O) groups is 1. The maximum atomic E-state index is 10.3. The van der Waals surface area contributed by atoms with E-state index >= 15 is 0 Å². The average Bonchev–Trinajstić information content (AvgIpc) is 2.61. The van der Waals surface area contributed by atoms with Gasteiger partial charge < -0.3 is 15.3 Å². The number of aliphatic hydroxyl groups is 2. The number of hydrogen-bond acceptors (Lipinski definition) is 3. The average molecular weight is 360 g/mol. The first-order valence-electron chi connectivity index (χ1n) is 9.12. The van der Waals surface area contributed by atoms with Crippen molar-refractivity contribution < 1.29 is 20.1 Å². The molecule has 4 heteroatoms. The van der Waals surface area contributed by atoms with Crippen molar-refractivity contribution in [1.29, 1.82) is 0 Å². The highest BCUT2D eigenvalue weighted by atomic mass is 16.4. The molecule has 0 aromatic heterocycles. The molecule has 3 N–H and O–H groups in total. The molecule has 0 spiro atoms. The van der Waals surface area contributed by atoms with Gasteiger partial charge in [-0.15, -0.1) is 0 Å². The summed E-state index contributed by atoms with van der Waals surface area (Å²) in [6.07, 6.45) is 24.8. The van der Waals surface area contributed by atoms with Gasteiger partial charge in [0.1, 0.15) is 0 Å². The van der Waals surface area contributed by atoms with E-state index in [1.807, 2.05) is 61.6 Å². The Bertz CT molecular complexity index is 524. The molecule has 0 aromatic carbocycles. The molecule has 0 aliphatic carbocycles. The van der Waals surface area contributed by atoms with E-state index < -0.39 is 18.2 Å². The number of aliphatic carboxylic acids is 1. The number of unbranched alkanes of at least 4 members (excludes halogenated alkanes) is 1. The van der Waals surface area contributed by atoms with Crippen molar-refractivity contribution in [1.82, 2.24) is 0 Å². The number of allylic oxidation sites excluding steroid dienone is 10. The highest BCUT2D eigenvalue weighted by molar-refractivity contribution is 5.66. The maximum Gasteiger partial charge on any atom is 0.303 e. The third kappa shape index (κ3) is 16.7. The maximum absolute atomic E-state index is 10.3. The van der Waals surface area contributed by atoms with Gasteiger partial charge in [0.15, 0.2) is 0 Å². The van der Waals surface area contributed by atoms with E-state index in [9.17, 15) is 15.0 Å². The molecular formula is C22H32O4. The molecule has 0 heterocycles. The van der Waals surface area contributed by atoms with Crippen LogP contribution < -0.4 is 0 Å². The van der Waals surface area contributed by atoms with Gasteiger partial charge in [0.05, 0.1) is 12.2 Å². The molecule has 0 aliphatic heterocycles. The number of aliphatic hydroxyl groups excluding tert-OH is 2. The van der Waals surface area contributed by atoms with E-state index in [4.69, 9.17) is 5.11 Å². The Hall–Kier alpha value is -2.17. The summed E-state index contributed by atoms with van der Waals surface area (Å²) >= 11 is 0. The van der Waals surface area contributed by atoms with Crippen molar-refractivity contribution >= 4 is 5.97 Å². The Kier molecular flexibility index (Phi) is 16.2. The third-order valence-electron chi connectivity index (χ3n) is 3.37. The molecule has 0 fully saturated rings. The van der Waals surface area contributed by atoms with Gasteiger partial charge in [0, 0.05) is 6.42 Å². The Morgan fingerprint density at radius 1 is 0.808 bits per heavy atom.